The van der Waals surface area contributed by atoms with E-state index in [-0.39, 0.29) is 18.2 Å². The normalized spacial score (nSPS) is 10.4. The Labute approximate surface area is 174 Å². The van der Waals surface area contributed by atoms with Crippen LogP contribution >= 0.6 is 0 Å². The molecule has 0 radical (unpaired) electrons. The molecule has 0 bridgehead atoms. The first kappa shape index (κ1) is 19.2. The maximum atomic E-state index is 13.4. The van der Waals surface area contributed by atoms with E-state index in [1.165, 1.54) is 4.90 Å². The lowest BCUT2D eigenvalue weighted by Gasteiger charge is -2.23. The monoisotopic (exact) mass is 396 g/mol. The van der Waals surface area contributed by atoms with E-state index in [1.54, 1.807) is 54.7 Å². The molecule has 0 atom stereocenters. The van der Waals surface area contributed by atoms with Gasteiger partial charge in [0.05, 0.1) is 17.9 Å². The van der Waals surface area contributed by atoms with Crippen molar-refractivity contribution in [2.45, 2.75) is 6.54 Å². The van der Waals surface area contributed by atoms with Crippen molar-refractivity contribution in [3.05, 3.63) is 115 Å². The number of hydrogen-bond donors (Lipinski definition) is 1. The largest absolute Gasteiger partial charge is 0.506 e. The first-order valence-corrected chi connectivity index (χ1v) is 9.53. The summed E-state index contributed by atoms with van der Waals surface area (Å²) in [4.78, 5) is 19.3. The lowest BCUT2D eigenvalue weighted by molar-refractivity contribution is 0.0983. The summed E-state index contributed by atoms with van der Waals surface area (Å²) < 4.78 is 5.86. The Morgan fingerprint density at radius 2 is 1.57 bits per heavy atom. The van der Waals surface area contributed by atoms with Crippen LogP contribution < -0.4 is 9.64 Å². The number of amides is 1. The lowest BCUT2D eigenvalue weighted by atomic mass is 10.1. The zero-order valence-electron chi connectivity index (χ0n) is 16.2. The number of phenolic OH excluding ortho intramolecular Hbond substituents is 1. The summed E-state index contributed by atoms with van der Waals surface area (Å²) in [5.74, 6) is 1.01. The molecule has 1 amide bonds. The summed E-state index contributed by atoms with van der Waals surface area (Å²) in [5.41, 5.74) is 1.58. The highest BCUT2D eigenvalue weighted by Crippen LogP contribution is 2.30. The van der Waals surface area contributed by atoms with Crippen molar-refractivity contribution in [2.75, 3.05) is 4.90 Å². The summed E-state index contributed by atoms with van der Waals surface area (Å²) in [7, 11) is 0. The molecule has 1 heterocycles. The van der Waals surface area contributed by atoms with E-state index < -0.39 is 0 Å². The van der Waals surface area contributed by atoms with E-state index in [0.29, 0.717) is 28.4 Å². The van der Waals surface area contributed by atoms with Crippen molar-refractivity contribution in [3.63, 3.8) is 0 Å². The van der Waals surface area contributed by atoms with Crippen LogP contribution in [0.4, 0.5) is 5.69 Å². The minimum Gasteiger partial charge on any atom is -0.506 e. The highest BCUT2D eigenvalue weighted by molar-refractivity contribution is 6.07. The average molecular weight is 396 g/mol. The Morgan fingerprint density at radius 3 is 2.33 bits per heavy atom. The SMILES string of the molecule is O=C(c1cccc(Oc2ccccc2)c1)N(Cc1ccccn1)c1ccccc1O. The molecular weight excluding hydrogens is 376 g/mol. The van der Waals surface area contributed by atoms with E-state index in [1.807, 2.05) is 48.5 Å². The number of carbonyl (C=O) groups excluding carboxylic acids is 1. The van der Waals surface area contributed by atoms with Crippen molar-refractivity contribution in [3.8, 4) is 17.2 Å². The molecule has 4 aromatic rings. The van der Waals surface area contributed by atoms with Gasteiger partial charge in [-0.2, -0.15) is 0 Å². The van der Waals surface area contributed by atoms with Crippen LogP contribution in [0.3, 0.4) is 0 Å². The molecule has 0 saturated heterocycles. The number of pyridine rings is 1. The molecule has 0 aliphatic carbocycles. The molecule has 148 valence electrons. The number of carbonyl (C=O) groups is 1. The number of para-hydroxylation sites is 3. The first-order chi connectivity index (χ1) is 14.7. The molecule has 3 aromatic carbocycles. The fourth-order valence-corrected chi connectivity index (χ4v) is 3.09. The number of rotatable bonds is 6. The summed E-state index contributed by atoms with van der Waals surface area (Å²) in [5, 5.41) is 10.4. The molecule has 1 aromatic heterocycles. The first-order valence-electron chi connectivity index (χ1n) is 9.53. The highest BCUT2D eigenvalue weighted by Gasteiger charge is 2.21. The Balaban J connectivity index is 1.66. The predicted octanol–water partition coefficient (Wildman–Crippen LogP) is 5.43. The number of nitrogens with zero attached hydrogens (tertiary/aromatic N) is 2. The number of benzene rings is 3. The van der Waals surface area contributed by atoms with Crippen LogP contribution in [-0.2, 0) is 6.54 Å². The van der Waals surface area contributed by atoms with Gasteiger partial charge in [0.1, 0.15) is 17.2 Å². The van der Waals surface area contributed by atoms with Crippen LogP contribution in [0.5, 0.6) is 17.2 Å². The second-order valence-electron chi connectivity index (χ2n) is 6.64. The zero-order valence-corrected chi connectivity index (χ0v) is 16.2. The molecule has 0 aliphatic heterocycles. The van der Waals surface area contributed by atoms with Gasteiger partial charge in [0, 0.05) is 11.8 Å². The van der Waals surface area contributed by atoms with E-state index in [9.17, 15) is 9.90 Å². The van der Waals surface area contributed by atoms with Crippen LogP contribution in [0.25, 0.3) is 0 Å². The van der Waals surface area contributed by atoms with Crippen LogP contribution in [0.1, 0.15) is 16.1 Å². The maximum Gasteiger partial charge on any atom is 0.258 e. The Morgan fingerprint density at radius 1 is 0.833 bits per heavy atom. The van der Waals surface area contributed by atoms with E-state index in [4.69, 9.17) is 4.74 Å². The van der Waals surface area contributed by atoms with Crippen LogP contribution in [-0.4, -0.2) is 16.0 Å². The fourth-order valence-electron chi connectivity index (χ4n) is 3.09. The van der Waals surface area contributed by atoms with Gasteiger partial charge in [-0.15, -0.1) is 0 Å². The molecule has 4 rings (SSSR count). The highest BCUT2D eigenvalue weighted by atomic mass is 16.5. The summed E-state index contributed by atoms with van der Waals surface area (Å²) in [6.07, 6.45) is 1.68. The van der Waals surface area contributed by atoms with Gasteiger partial charge in [0.25, 0.3) is 5.91 Å². The molecule has 0 spiro atoms. The van der Waals surface area contributed by atoms with Gasteiger partial charge in [-0.3, -0.25) is 14.7 Å². The van der Waals surface area contributed by atoms with E-state index >= 15 is 0 Å². The molecule has 5 heteroatoms. The van der Waals surface area contributed by atoms with Crippen LogP contribution in [0, 0.1) is 0 Å². The van der Waals surface area contributed by atoms with Gasteiger partial charge >= 0.3 is 0 Å². The van der Waals surface area contributed by atoms with E-state index in [2.05, 4.69) is 4.98 Å². The average Bonchev–Trinajstić information content (AvgIpc) is 2.79. The summed E-state index contributed by atoms with van der Waals surface area (Å²) in [6, 6.07) is 28.7. The molecule has 0 saturated carbocycles. The topological polar surface area (TPSA) is 62.7 Å². The van der Waals surface area contributed by atoms with Crippen molar-refractivity contribution >= 4 is 11.6 Å². The molecule has 0 aliphatic rings. The zero-order chi connectivity index (χ0) is 20.8. The number of ether oxygens (including phenoxy) is 1. The molecular formula is C25H20N2O3. The fraction of sp³-hybridized carbons (Fsp3) is 0.0400. The van der Waals surface area contributed by atoms with Crippen LogP contribution in [0.15, 0.2) is 103 Å². The number of aromatic nitrogens is 1. The molecule has 30 heavy (non-hydrogen) atoms. The van der Waals surface area contributed by atoms with Gasteiger partial charge in [-0.05, 0) is 54.6 Å². The molecule has 1 N–H and O–H groups in total. The Kier molecular flexibility index (Phi) is 5.71. The second kappa shape index (κ2) is 8.92. The van der Waals surface area contributed by atoms with Crippen molar-refractivity contribution in [1.82, 2.24) is 4.98 Å². The minimum atomic E-state index is -0.263. The maximum absolute atomic E-state index is 13.4. The van der Waals surface area contributed by atoms with Gasteiger partial charge in [0.15, 0.2) is 0 Å². The lowest BCUT2D eigenvalue weighted by Crippen LogP contribution is -2.30. The summed E-state index contributed by atoms with van der Waals surface area (Å²) >= 11 is 0. The third-order valence-corrected chi connectivity index (χ3v) is 4.52. The number of aromatic hydroxyl groups is 1. The van der Waals surface area contributed by atoms with Crippen molar-refractivity contribution in [2.24, 2.45) is 0 Å². The van der Waals surface area contributed by atoms with Gasteiger partial charge in [0.2, 0.25) is 0 Å². The van der Waals surface area contributed by atoms with Crippen LogP contribution in [0.2, 0.25) is 0 Å². The number of hydrogen-bond acceptors (Lipinski definition) is 4. The van der Waals surface area contributed by atoms with Gasteiger partial charge in [-0.25, -0.2) is 0 Å². The number of anilines is 1. The third-order valence-electron chi connectivity index (χ3n) is 4.52. The molecule has 0 unspecified atom stereocenters. The molecule has 5 nitrogen and oxygen atoms in total. The third kappa shape index (κ3) is 4.47. The Bertz CT molecular complexity index is 1130. The van der Waals surface area contributed by atoms with Crippen molar-refractivity contribution in [1.29, 1.82) is 0 Å². The predicted molar refractivity (Wildman–Crippen MR) is 116 cm³/mol. The number of phenols is 1. The Hall–Kier alpha value is -4.12. The standard InChI is InChI=1S/C25H20N2O3/c28-24-15-5-4-14-23(24)27(18-20-10-6-7-16-26-20)25(29)19-9-8-13-22(17-19)30-21-11-2-1-3-12-21/h1-17,28H,18H2. The minimum absolute atomic E-state index is 0.0264. The quantitative estimate of drug-likeness (QED) is 0.472. The van der Waals surface area contributed by atoms with Gasteiger partial charge < -0.3 is 9.84 Å². The molecule has 0 fully saturated rings. The summed E-state index contributed by atoms with van der Waals surface area (Å²) in [6.45, 7) is 0.223. The smallest absolute Gasteiger partial charge is 0.258 e. The van der Waals surface area contributed by atoms with Gasteiger partial charge in [-0.1, -0.05) is 42.5 Å². The van der Waals surface area contributed by atoms with Crippen molar-refractivity contribution < 1.29 is 14.6 Å². The second-order valence-corrected chi connectivity index (χ2v) is 6.64. The van der Waals surface area contributed by atoms with E-state index in [0.717, 1.165) is 0 Å².